The summed E-state index contributed by atoms with van der Waals surface area (Å²) in [6.45, 7) is 12.3. The van der Waals surface area contributed by atoms with Gasteiger partial charge < -0.3 is 30.0 Å². The fourth-order valence-electron chi connectivity index (χ4n) is 8.47. The molecule has 2 bridgehead atoms. The lowest BCUT2D eigenvalue weighted by atomic mass is 9.44. The van der Waals surface area contributed by atoms with E-state index in [9.17, 15) is 19.7 Å². The van der Waals surface area contributed by atoms with Crippen LogP contribution in [0.1, 0.15) is 71.5 Å². The zero-order valence-corrected chi connectivity index (χ0v) is 24.7. The van der Waals surface area contributed by atoms with E-state index in [0.29, 0.717) is 24.1 Å². The highest BCUT2D eigenvalue weighted by atomic mass is 35.5. The van der Waals surface area contributed by atoms with Crippen molar-refractivity contribution in [1.82, 2.24) is 0 Å². The van der Waals surface area contributed by atoms with Crippen molar-refractivity contribution in [3.63, 3.8) is 0 Å². The maximum absolute atomic E-state index is 13.5. The third-order valence-electron chi connectivity index (χ3n) is 11.1. The molecule has 0 saturated heterocycles. The Balaban J connectivity index is 0.00000370. The summed E-state index contributed by atoms with van der Waals surface area (Å²) in [4.78, 5) is 26.8. The van der Waals surface area contributed by atoms with Crippen LogP contribution in [-0.2, 0) is 19.0 Å². The summed E-state index contributed by atoms with van der Waals surface area (Å²) in [5.41, 5.74) is 5.51. The average Bonchev–Trinajstić information content (AvgIpc) is 3.44. The molecule has 3 saturated carbocycles. The van der Waals surface area contributed by atoms with E-state index in [2.05, 4.69) is 27.4 Å². The van der Waals surface area contributed by atoms with E-state index in [1.807, 2.05) is 6.92 Å². The van der Waals surface area contributed by atoms with Gasteiger partial charge in [-0.3, -0.25) is 4.79 Å². The number of esters is 1. The van der Waals surface area contributed by atoms with Crippen molar-refractivity contribution in [1.29, 1.82) is 0 Å². The van der Waals surface area contributed by atoms with E-state index < -0.39 is 36.1 Å². The van der Waals surface area contributed by atoms with Crippen LogP contribution in [0.3, 0.4) is 0 Å². The van der Waals surface area contributed by atoms with Gasteiger partial charge in [-0.15, -0.1) is 19.0 Å². The largest absolute Gasteiger partial charge is 0.492 e. The Morgan fingerprint density at radius 1 is 1.30 bits per heavy atom. The Morgan fingerprint density at radius 3 is 2.70 bits per heavy atom. The molecule has 40 heavy (non-hydrogen) atoms. The van der Waals surface area contributed by atoms with Crippen LogP contribution in [0.5, 0.6) is 5.75 Å². The number of aliphatic hydroxyl groups is 1. The molecule has 3 fully saturated rings. The maximum atomic E-state index is 13.5. The molecule has 1 aromatic rings. The molecule has 1 aliphatic heterocycles. The van der Waals surface area contributed by atoms with Crippen molar-refractivity contribution in [2.75, 3.05) is 13.2 Å². The van der Waals surface area contributed by atoms with Crippen LogP contribution in [0, 0.1) is 34.0 Å². The number of rotatable bonds is 6. The first-order valence-corrected chi connectivity index (χ1v) is 14.3. The molecular formula is C30H43BClNO7. The summed E-state index contributed by atoms with van der Waals surface area (Å²) < 4.78 is 17.5. The molecule has 0 aromatic heterocycles. The van der Waals surface area contributed by atoms with E-state index >= 15 is 0 Å². The molecule has 1 unspecified atom stereocenters. The third kappa shape index (κ3) is 4.62. The predicted octanol–water partition coefficient (Wildman–Crippen LogP) is 3.11. The molecule has 8 nitrogen and oxygen atoms in total. The minimum Gasteiger partial charge on any atom is -0.482 e. The minimum absolute atomic E-state index is 0. The van der Waals surface area contributed by atoms with Crippen LogP contribution in [0.2, 0.25) is 0 Å². The van der Waals surface area contributed by atoms with Gasteiger partial charge in [0.25, 0.3) is 0 Å². The van der Waals surface area contributed by atoms with E-state index in [1.165, 1.54) is 0 Å². The normalized spacial score (nSPS) is 40.3. The molecule has 4 aliphatic rings. The summed E-state index contributed by atoms with van der Waals surface area (Å²) in [5.74, 6) is -0.117. The van der Waals surface area contributed by atoms with Gasteiger partial charge in [-0.2, -0.15) is 0 Å². The summed E-state index contributed by atoms with van der Waals surface area (Å²) in [5, 5.41) is 21.9. The number of benzene rings is 1. The van der Waals surface area contributed by atoms with Gasteiger partial charge in [0.05, 0.1) is 12.2 Å². The molecule has 0 spiro atoms. The molecule has 4 N–H and O–H groups in total. The first kappa shape index (κ1) is 31.0. The van der Waals surface area contributed by atoms with Crippen LogP contribution in [-0.4, -0.2) is 54.4 Å². The topological polar surface area (TPSA) is 128 Å². The van der Waals surface area contributed by atoms with Crippen molar-refractivity contribution in [3.8, 4) is 5.75 Å². The lowest BCUT2D eigenvalue weighted by Crippen LogP contribution is -2.63. The summed E-state index contributed by atoms with van der Waals surface area (Å²) >= 11 is 0. The summed E-state index contributed by atoms with van der Waals surface area (Å²) in [7, 11) is -1.10. The maximum Gasteiger partial charge on any atom is 0.492 e. The smallest absolute Gasteiger partial charge is 0.482 e. The number of ketones is 1. The van der Waals surface area contributed by atoms with E-state index in [0.717, 1.165) is 24.8 Å². The fraction of sp³-hybridized carbons (Fsp3) is 0.667. The molecule has 1 heterocycles. The molecule has 1 aromatic carbocycles. The second-order valence-electron chi connectivity index (χ2n) is 12.9. The van der Waals surface area contributed by atoms with Crippen molar-refractivity contribution in [3.05, 3.63) is 36.4 Å². The van der Waals surface area contributed by atoms with Crippen LogP contribution in [0.15, 0.2) is 30.9 Å². The van der Waals surface area contributed by atoms with Crippen LogP contribution in [0.4, 0.5) is 0 Å². The number of carbonyl (C=O) groups is 2. The number of Topliss-reactive ketones (excluding diaryl/α,β-unsaturated/α-hetero) is 1. The second-order valence-corrected chi connectivity index (χ2v) is 12.9. The van der Waals surface area contributed by atoms with E-state index in [4.69, 9.17) is 19.9 Å². The molecular weight excluding hydrogens is 533 g/mol. The molecule has 3 aliphatic carbocycles. The first-order chi connectivity index (χ1) is 18.4. The van der Waals surface area contributed by atoms with Gasteiger partial charge in [0, 0.05) is 29.7 Å². The molecule has 220 valence electrons. The number of aliphatic hydroxyl groups excluding tert-OH is 1. The average molecular weight is 576 g/mol. The Hall–Kier alpha value is -1.91. The van der Waals surface area contributed by atoms with Crippen molar-refractivity contribution in [2.45, 2.75) is 78.1 Å². The van der Waals surface area contributed by atoms with E-state index in [-0.39, 0.29) is 60.6 Å². The Morgan fingerprint density at radius 2 is 2.02 bits per heavy atom. The summed E-state index contributed by atoms with van der Waals surface area (Å²) in [6.07, 6.45) is 3.52. The number of fused-ring (bicyclic) bond motifs is 1. The van der Waals surface area contributed by atoms with Crippen molar-refractivity contribution in [2.24, 2.45) is 39.7 Å². The fourth-order valence-corrected chi connectivity index (χ4v) is 8.47. The number of hydrogen-bond donors (Lipinski definition) is 3. The standard InChI is InChI=1S/C30H42BNO7.ClH/c1-6-28(4)14-24(29(5)17(2)9-11-30(18(3)27(28)35)12-10-22(33)26(29)30)38-25(34)16-37-19-7-8-20-21(13-19)31(36)39-23(20)15-32;/h6-8,13,17-18,23-24,26-27,35-36H,1,9-12,14-16,32H2,2-5H3;1H/t17-,18-,23?,24+,26-,27-,28+,29-,30-;/m0./s1. The number of nitrogens with two attached hydrogens (primary N) is 1. The van der Waals surface area contributed by atoms with Gasteiger partial charge in [-0.1, -0.05) is 39.8 Å². The van der Waals surface area contributed by atoms with Crippen LogP contribution >= 0.6 is 12.4 Å². The summed E-state index contributed by atoms with van der Waals surface area (Å²) in [6, 6.07) is 5.16. The monoisotopic (exact) mass is 575 g/mol. The minimum atomic E-state index is -1.10. The number of carbonyl (C=O) groups excluding carboxylic acids is 2. The third-order valence-corrected chi connectivity index (χ3v) is 11.1. The molecule has 5 rings (SSSR count). The van der Waals surface area contributed by atoms with Crippen molar-refractivity contribution < 1.29 is 33.8 Å². The highest BCUT2D eigenvalue weighted by molar-refractivity contribution is 6.61. The second kappa shape index (κ2) is 11.1. The van der Waals surface area contributed by atoms with Crippen LogP contribution in [0.25, 0.3) is 0 Å². The number of hydrogen-bond acceptors (Lipinski definition) is 8. The predicted molar refractivity (Wildman–Crippen MR) is 154 cm³/mol. The SMILES string of the molecule is C=C[C@]1(C)C[C@@H](OC(=O)COc2ccc3c(c2)B(O)OC3CN)[C@@]2(C)[C@@H]3C(=O)CC[C@@]3(CC[C@@H]2C)[C@@H](C)[C@@H]1O.Cl. The highest BCUT2D eigenvalue weighted by Crippen LogP contribution is 2.68. The quantitative estimate of drug-likeness (QED) is 0.268. The number of ether oxygens (including phenoxy) is 2. The Kier molecular flexibility index (Phi) is 8.58. The van der Waals surface area contributed by atoms with Gasteiger partial charge in [-0.25, -0.2) is 4.79 Å². The van der Waals surface area contributed by atoms with Crippen LogP contribution < -0.4 is 15.9 Å². The van der Waals surface area contributed by atoms with Gasteiger partial charge in [0.1, 0.15) is 17.6 Å². The Bertz CT molecular complexity index is 1170. The van der Waals surface area contributed by atoms with Gasteiger partial charge in [-0.05, 0) is 66.1 Å². The van der Waals surface area contributed by atoms with Gasteiger partial charge >= 0.3 is 13.1 Å². The van der Waals surface area contributed by atoms with E-state index in [1.54, 1.807) is 24.3 Å². The van der Waals surface area contributed by atoms with Crippen molar-refractivity contribution >= 4 is 36.7 Å². The molecule has 0 radical (unpaired) electrons. The zero-order valence-electron chi connectivity index (χ0n) is 23.9. The molecule has 0 amide bonds. The molecule has 10 heteroatoms. The molecule has 9 atom stereocenters. The highest BCUT2D eigenvalue weighted by Gasteiger charge is 2.68. The first-order valence-electron chi connectivity index (χ1n) is 14.3. The number of halogens is 1. The lowest BCUT2D eigenvalue weighted by Gasteiger charge is -2.61. The van der Waals surface area contributed by atoms with Gasteiger partial charge in [0.2, 0.25) is 0 Å². The Labute approximate surface area is 243 Å². The van der Waals surface area contributed by atoms with Gasteiger partial charge in [0.15, 0.2) is 6.61 Å². The zero-order chi connectivity index (χ0) is 28.3. The lowest BCUT2D eigenvalue weighted by molar-refractivity contribution is -0.207.